The summed E-state index contributed by atoms with van der Waals surface area (Å²) in [4.78, 5) is 14.5. The van der Waals surface area contributed by atoms with Crippen molar-refractivity contribution in [3.8, 4) is 11.4 Å². The molecule has 0 bridgehead atoms. The van der Waals surface area contributed by atoms with Crippen LogP contribution in [0.5, 0.6) is 0 Å². The maximum absolute atomic E-state index is 4.89. The SMILES string of the molecule is CCC(C)n1c(-c2ccc(C(C)(C)C)cc2)nc2nc3ccccc3nc21. The molecular weight excluding hydrogens is 332 g/mol. The van der Waals surface area contributed by atoms with E-state index < -0.39 is 0 Å². The van der Waals surface area contributed by atoms with Gasteiger partial charge in [-0.3, -0.25) is 0 Å². The Morgan fingerprint density at radius 3 is 2.11 bits per heavy atom. The van der Waals surface area contributed by atoms with Gasteiger partial charge >= 0.3 is 0 Å². The topological polar surface area (TPSA) is 43.6 Å². The molecule has 2 aromatic carbocycles. The Kier molecular flexibility index (Phi) is 4.22. The largest absolute Gasteiger partial charge is 0.304 e. The summed E-state index contributed by atoms with van der Waals surface area (Å²) in [6.07, 6.45) is 1.01. The summed E-state index contributed by atoms with van der Waals surface area (Å²) in [5.74, 6) is 0.940. The zero-order chi connectivity index (χ0) is 19.2. The second kappa shape index (κ2) is 6.45. The fourth-order valence-corrected chi connectivity index (χ4v) is 3.40. The fraction of sp³-hybridized carbons (Fsp3) is 0.348. The van der Waals surface area contributed by atoms with Crippen molar-refractivity contribution in [1.82, 2.24) is 19.5 Å². The van der Waals surface area contributed by atoms with E-state index in [1.54, 1.807) is 0 Å². The maximum atomic E-state index is 4.89. The summed E-state index contributed by atoms with van der Waals surface area (Å²) in [7, 11) is 0. The van der Waals surface area contributed by atoms with Crippen LogP contribution < -0.4 is 0 Å². The van der Waals surface area contributed by atoms with Crippen LogP contribution >= 0.6 is 0 Å². The number of hydrogen-bond acceptors (Lipinski definition) is 3. The highest BCUT2D eigenvalue weighted by atomic mass is 15.2. The van der Waals surface area contributed by atoms with Crippen LogP contribution in [0.1, 0.15) is 52.6 Å². The van der Waals surface area contributed by atoms with E-state index in [9.17, 15) is 0 Å². The van der Waals surface area contributed by atoms with Crippen molar-refractivity contribution in [3.05, 3.63) is 54.1 Å². The Morgan fingerprint density at radius 1 is 0.889 bits per heavy atom. The third-order valence-electron chi connectivity index (χ3n) is 5.24. The van der Waals surface area contributed by atoms with Gasteiger partial charge in [-0.1, -0.05) is 64.1 Å². The van der Waals surface area contributed by atoms with E-state index in [-0.39, 0.29) is 5.41 Å². The van der Waals surface area contributed by atoms with Gasteiger partial charge in [-0.2, -0.15) is 0 Å². The first kappa shape index (κ1) is 17.7. The summed E-state index contributed by atoms with van der Waals surface area (Å²) in [6.45, 7) is 11.1. The molecule has 1 atom stereocenters. The summed E-state index contributed by atoms with van der Waals surface area (Å²) >= 11 is 0. The molecule has 1 unspecified atom stereocenters. The van der Waals surface area contributed by atoms with Crippen LogP contribution in [0.15, 0.2) is 48.5 Å². The minimum Gasteiger partial charge on any atom is -0.304 e. The van der Waals surface area contributed by atoms with Gasteiger partial charge in [0.05, 0.1) is 11.0 Å². The first-order valence-electron chi connectivity index (χ1n) is 9.64. The monoisotopic (exact) mass is 358 g/mol. The van der Waals surface area contributed by atoms with Gasteiger partial charge < -0.3 is 4.57 Å². The van der Waals surface area contributed by atoms with Crippen LogP contribution in [-0.4, -0.2) is 19.5 Å². The third kappa shape index (κ3) is 3.09. The van der Waals surface area contributed by atoms with Crippen molar-refractivity contribution in [2.75, 3.05) is 0 Å². The van der Waals surface area contributed by atoms with Gasteiger partial charge in [-0.15, -0.1) is 0 Å². The molecule has 0 N–H and O–H groups in total. The molecule has 2 aromatic heterocycles. The zero-order valence-electron chi connectivity index (χ0n) is 16.7. The lowest BCUT2D eigenvalue weighted by molar-refractivity contribution is 0.547. The van der Waals surface area contributed by atoms with E-state index >= 15 is 0 Å². The predicted molar refractivity (Wildman–Crippen MR) is 112 cm³/mol. The fourth-order valence-electron chi connectivity index (χ4n) is 3.40. The van der Waals surface area contributed by atoms with Crippen molar-refractivity contribution in [3.63, 3.8) is 0 Å². The molecule has 2 heterocycles. The van der Waals surface area contributed by atoms with Gasteiger partial charge in [0, 0.05) is 11.6 Å². The zero-order valence-corrected chi connectivity index (χ0v) is 16.7. The third-order valence-corrected chi connectivity index (χ3v) is 5.24. The number of para-hydroxylation sites is 2. The molecule has 0 aliphatic rings. The molecular formula is C23H26N4. The van der Waals surface area contributed by atoms with E-state index in [0.717, 1.165) is 34.5 Å². The van der Waals surface area contributed by atoms with Gasteiger partial charge in [0.15, 0.2) is 11.3 Å². The van der Waals surface area contributed by atoms with E-state index in [0.29, 0.717) is 11.7 Å². The number of hydrogen-bond donors (Lipinski definition) is 0. The Balaban J connectivity index is 1.94. The average molecular weight is 358 g/mol. The van der Waals surface area contributed by atoms with Crippen LogP contribution in [0.25, 0.3) is 33.7 Å². The van der Waals surface area contributed by atoms with Crippen molar-refractivity contribution < 1.29 is 0 Å². The first-order chi connectivity index (χ1) is 12.9. The Bertz CT molecular complexity index is 1100. The molecule has 0 fully saturated rings. The Labute approximate surface area is 160 Å². The first-order valence-corrected chi connectivity index (χ1v) is 9.64. The molecule has 0 saturated carbocycles. The smallest absolute Gasteiger partial charge is 0.198 e. The lowest BCUT2D eigenvalue weighted by atomic mass is 9.86. The van der Waals surface area contributed by atoms with Crippen molar-refractivity contribution in [1.29, 1.82) is 0 Å². The lowest BCUT2D eigenvalue weighted by Gasteiger charge is -2.20. The van der Waals surface area contributed by atoms with Crippen LogP contribution in [0.4, 0.5) is 0 Å². The lowest BCUT2D eigenvalue weighted by Crippen LogP contribution is -2.11. The minimum absolute atomic E-state index is 0.135. The van der Waals surface area contributed by atoms with Crippen molar-refractivity contribution in [2.45, 2.75) is 52.5 Å². The highest BCUT2D eigenvalue weighted by Crippen LogP contribution is 2.31. The summed E-state index contributed by atoms with van der Waals surface area (Å²) in [5.41, 5.74) is 5.92. The number of fused-ring (bicyclic) bond motifs is 2. The second-order valence-electron chi connectivity index (χ2n) is 8.25. The molecule has 0 aliphatic heterocycles. The highest BCUT2D eigenvalue weighted by Gasteiger charge is 2.20. The molecule has 4 heteroatoms. The summed E-state index contributed by atoms with van der Waals surface area (Å²) in [6, 6.07) is 17.0. The van der Waals surface area contributed by atoms with Gasteiger partial charge in [0.25, 0.3) is 0 Å². The van der Waals surface area contributed by atoms with E-state index in [2.05, 4.69) is 63.5 Å². The standard InChI is InChI=1S/C23H26N4/c1-6-15(2)27-21(16-11-13-17(14-12-16)23(3,4)5)26-20-22(27)25-19-10-8-7-9-18(19)24-20/h7-15H,6H2,1-5H3. The average Bonchev–Trinajstić information content (AvgIpc) is 3.03. The Morgan fingerprint density at radius 2 is 1.52 bits per heavy atom. The molecule has 0 aliphatic carbocycles. The molecule has 4 nitrogen and oxygen atoms in total. The van der Waals surface area contributed by atoms with E-state index in [4.69, 9.17) is 15.0 Å². The molecule has 138 valence electrons. The molecule has 0 saturated heterocycles. The number of rotatable bonds is 3. The van der Waals surface area contributed by atoms with Gasteiger partial charge in [0.2, 0.25) is 0 Å². The molecule has 0 spiro atoms. The maximum Gasteiger partial charge on any atom is 0.198 e. The number of imidazole rings is 1. The molecule has 27 heavy (non-hydrogen) atoms. The molecule has 4 aromatic rings. The summed E-state index contributed by atoms with van der Waals surface area (Å²) < 4.78 is 2.24. The van der Waals surface area contributed by atoms with E-state index in [1.165, 1.54) is 5.56 Å². The van der Waals surface area contributed by atoms with Crippen molar-refractivity contribution >= 4 is 22.3 Å². The highest BCUT2D eigenvalue weighted by molar-refractivity contribution is 5.85. The van der Waals surface area contributed by atoms with Gasteiger partial charge in [-0.25, -0.2) is 15.0 Å². The van der Waals surface area contributed by atoms with Crippen LogP contribution in [0.3, 0.4) is 0 Å². The van der Waals surface area contributed by atoms with Gasteiger partial charge in [0.1, 0.15) is 5.82 Å². The quantitative estimate of drug-likeness (QED) is 0.457. The predicted octanol–water partition coefficient (Wildman–Crippen LogP) is 5.92. The number of benzene rings is 2. The van der Waals surface area contributed by atoms with Gasteiger partial charge in [-0.05, 0) is 36.5 Å². The van der Waals surface area contributed by atoms with Crippen molar-refractivity contribution in [2.24, 2.45) is 0 Å². The van der Waals surface area contributed by atoms with Crippen LogP contribution in [0.2, 0.25) is 0 Å². The minimum atomic E-state index is 0.135. The second-order valence-corrected chi connectivity index (χ2v) is 8.25. The van der Waals surface area contributed by atoms with Crippen LogP contribution in [-0.2, 0) is 5.41 Å². The molecule has 0 amide bonds. The van der Waals surface area contributed by atoms with Crippen LogP contribution in [0, 0.1) is 0 Å². The normalized spacial score (nSPS) is 13.4. The Hall–Kier alpha value is -2.75. The number of aromatic nitrogens is 4. The summed E-state index contributed by atoms with van der Waals surface area (Å²) in [5, 5.41) is 0. The molecule has 4 rings (SSSR count). The number of nitrogens with zero attached hydrogens (tertiary/aromatic N) is 4. The molecule has 0 radical (unpaired) electrons. The van der Waals surface area contributed by atoms with E-state index in [1.807, 2.05) is 24.3 Å².